The van der Waals surface area contributed by atoms with Crippen LogP contribution in [0.4, 0.5) is 15.8 Å². The van der Waals surface area contributed by atoms with Crippen LogP contribution in [0.25, 0.3) is 5.69 Å². The second-order valence-electron chi connectivity index (χ2n) is 5.76. The van der Waals surface area contributed by atoms with E-state index in [2.05, 4.69) is 27.5 Å². The van der Waals surface area contributed by atoms with Crippen LogP contribution in [0.15, 0.2) is 55.1 Å². The van der Waals surface area contributed by atoms with E-state index in [1.54, 1.807) is 31.2 Å². The van der Waals surface area contributed by atoms with Crippen LogP contribution in [0, 0.1) is 12.7 Å². The Kier molecular flexibility index (Phi) is 5.51. The van der Waals surface area contributed by atoms with Gasteiger partial charge in [-0.15, -0.1) is 5.10 Å². The average Bonchev–Trinajstić information content (AvgIpc) is 3.06. The molecule has 1 heterocycles. The van der Waals surface area contributed by atoms with Crippen LogP contribution < -0.4 is 10.6 Å². The van der Waals surface area contributed by atoms with Gasteiger partial charge in [-0.25, -0.2) is 9.07 Å². The molecule has 0 saturated carbocycles. The van der Waals surface area contributed by atoms with Crippen molar-refractivity contribution in [2.75, 3.05) is 10.6 Å². The van der Waals surface area contributed by atoms with Crippen LogP contribution in [0.1, 0.15) is 16.2 Å². The van der Waals surface area contributed by atoms with Gasteiger partial charge in [0.05, 0.1) is 17.1 Å². The Morgan fingerprint density at radius 2 is 2.00 bits per heavy atom. The highest BCUT2D eigenvalue weighted by Gasteiger charge is 2.18. The minimum Gasteiger partial charge on any atom is -0.320 e. The molecule has 0 spiro atoms. The van der Waals surface area contributed by atoms with Gasteiger partial charge in [0.2, 0.25) is 5.91 Å². The number of nitrogens with zero attached hydrogens (tertiary/aromatic N) is 3. The molecule has 0 aliphatic carbocycles. The predicted molar refractivity (Wildman–Crippen MR) is 104 cm³/mol. The summed E-state index contributed by atoms with van der Waals surface area (Å²) in [6.07, 6.45) is 1.02. The summed E-state index contributed by atoms with van der Waals surface area (Å²) in [6, 6.07) is 10.8. The van der Waals surface area contributed by atoms with Gasteiger partial charge >= 0.3 is 0 Å². The molecule has 28 heavy (non-hydrogen) atoms. The SMILES string of the molecule is C=CC(=O)Nc1cc(NC(=O)c2nnn(-c3cccc(Cl)c3)c2C)ccc1F. The van der Waals surface area contributed by atoms with Crippen LogP contribution in [-0.4, -0.2) is 26.8 Å². The first-order valence-electron chi connectivity index (χ1n) is 8.11. The lowest BCUT2D eigenvalue weighted by molar-refractivity contribution is -0.111. The minimum absolute atomic E-state index is 0.0815. The fourth-order valence-electron chi connectivity index (χ4n) is 2.46. The van der Waals surface area contributed by atoms with E-state index < -0.39 is 17.6 Å². The van der Waals surface area contributed by atoms with Gasteiger partial charge in [0.1, 0.15) is 5.82 Å². The molecule has 2 N–H and O–H groups in total. The van der Waals surface area contributed by atoms with Gasteiger partial charge in [0.15, 0.2) is 5.69 Å². The molecule has 0 unspecified atom stereocenters. The molecule has 7 nitrogen and oxygen atoms in total. The third kappa shape index (κ3) is 4.07. The number of nitrogens with one attached hydrogen (secondary N) is 2. The Morgan fingerprint density at radius 3 is 2.71 bits per heavy atom. The van der Waals surface area contributed by atoms with Gasteiger partial charge in [0, 0.05) is 10.7 Å². The molecule has 142 valence electrons. The van der Waals surface area contributed by atoms with Crippen LogP contribution in [0.5, 0.6) is 0 Å². The van der Waals surface area contributed by atoms with Crippen LogP contribution in [0.2, 0.25) is 5.02 Å². The summed E-state index contributed by atoms with van der Waals surface area (Å²) in [6.45, 7) is 5.00. The second-order valence-corrected chi connectivity index (χ2v) is 6.19. The molecule has 0 atom stereocenters. The van der Waals surface area contributed by atoms with Crippen molar-refractivity contribution < 1.29 is 14.0 Å². The predicted octanol–water partition coefficient (Wildman–Crippen LogP) is 3.75. The van der Waals surface area contributed by atoms with Gasteiger partial charge in [-0.2, -0.15) is 0 Å². The molecular weight excluding hydrogens is 385 g/mol. The van der Waals surface area contributed by atoms with E-state index in [4.69, 9.17) is 11.6 Å². The third-order valence-corrected chi connectivity index (χ3v) is 4.07. The Hall–Kier alpha value is -3.52. The number of hydrogen-bond acceptors (Lipinski definition) is 4. The van der Waals surface area contributed by atoms with Crippen molar-refractivity contribution in [3.63, 3.8) is 0 Å². The molecule has 3 aromatic rings. The quantitative estimate of drug-likeness (QED) is 0.639. The minimum atomic E-state index is -0.642. The highest BCUT2D eigenvalue weighted by atomic mass is 35.5. The van der Waals surface area contributed by atoms with Crippen molar-refractivity contribution in [3.05, 3.63) is 77.3 Å². The van der Waals surface area contributed by atoms with Crippen LogP contribution >= 0.6 is 11.6 Å². The number of hydrogen-bond donors (Lipinski definition) is 2. The van der Waals surface area contributed by atoms with E-state index in [0.717, 1.165) is 12.1 Å². The summed E-state index contributed by atoms with van der Waals surface area (Å²) in [7, 11) is 0. The summed E-state index contributed by atoms with van der Waals surface area (Å²) >= 11 is 5.99. The Labute approximate surface area is 164 Å². The van der Waals surface area contributed by atoms with Crippen molar-refractivity contribution in [2.45, 2.75) is 6.92 Å². The maximum absolute atomic E-state index is 13.8. The number of anilines is 2. The second kappa shape index (κ2) is 8.01. The average molecular weight is 400 g/mol. The topological polar surface area (TPSA) is 88.9 Å². The number of carbonyl (C=O) groups excluding carboxylic acids is 2. The maximum atomic E-state index is 13.8. The molecule has 0 saturated heterocycles. The summed E-state index contributed by atoms with van der Waals surface area (Å²) in [5.74, 6) is -1.74. The zero-order valence-corrected chi connectivity index (χ0v) is 15.5. The van der Waals surface area contributed by atoms with E-state index in [1.807, 2.05) is 0 Å². The van der Waals surface area contributed by atoms with Crippen molar-refractivity contribution >= 4 is 34.8 Å². The monoisotopic (exact) mass is 399 g/mol. The molecule has 0 aliphatic rings. The van der Waals surface area contributed by atoms with E-state index in [0.29, 0.717) is 16.4 Å². The van der Waals surface area contributed by atoms with E-state index in [1.165, 1.54) is 16.8 Å². The molecule has 0 fully saturated rings. The molecular formula is C19H15ClFN5O2. The summed E-state index contributed by atoms with van der Waals surface area (Å²) in [4.78, 5) is 24.0. The molecule has 2 amide bonds. The first kappa shape index (κ1) is 19.2. The fourth-order valence-corrected chi connectivity index (χ4v) is 2.65. The lowest BCUT2D eigenvalue weighted by Gasteiger charge is -2.08. The Morgan fingerprint density at radius 1 is 1.21 bits per heavy atom. The van der Waals surface area contributed by atoms with E-state index >= 15 is 0 Å². The number of amides is 2. The lowest BCUT2D eigenvalue weighted by atomic mass is 10.2. The molecule has 3 rings (SSSR count). The fraction of sp³-hybridized carbons (Fsp3) is 0.0526. The normalized spacial score (nSPS) is 10.4. The van der Waals surface area contributed by atoms with Crippen molar-refractivity contribution in [2.24, 2.45) is 0 Å². The van der Waals surface area contributed by atoms with Crippen molar-refractivity contribution in [3.8, 4) is 5.69 Å². The summed E-state index contributed by atoms with van der Waals surface area (Å²) < 4.78 is 15.3. The highest BCUT2D eigenvalue weighted by molar-refractivity contribution is 6.30. The van der Waals surface area contributed by atoms with Crippen molar-refractivity contribution in [1.29, 1.82) is 0 Å². The van der Waals surface area contributed by atoms with Gasteiger partial charge in [0.25, 0.3) is 5.91 Å². The first-order valence-corrected chi connectivity index (χ1v) is 8.49. The Balaban J connectivity index is 1.83. The van der Waals surface area contributed by atoms with Gasteiger partial charge in [-0.05, 0) is 49.4 Å². The van der Waals surface area contributed by atoms with E-state index in [9.17, 15) is 14.0 Å². The maximum Gasteiger partial charge on any atom is 0.278 e. The van der Waals surface area contributed by atoms with Crippen molar-refractivity contribution in [1.82, 2.24) is 15.0 Å². The van der Waals surface area contributed by atoms with Gasteiger partial charge < -0.3 is 10.6 Å². The molecule has 2 aromatic carbocycles. The standard InChI is InChI=1S/C19H15ClFN5O2/c1-3-17(27)23-16-10-13(7-8-15(16)21)22-19(28)18-11(2)26(25-24-18)14-6-4-5-12(20)9-14/h3-10H,1H2,2H3,(H,22,28)(H,23,27). The molecule has 1 aromatic heterocycles. The third-order valence-electron chi connectivity index (χ3n) is 3.83. The number of carbonyl (C=O) groups is 2. The largest absolute Gasteiger partial charge is 0.320 e. The number of aromatic nitrogens is 3. The lowest BCUT2D eigenvalue weighted by Crippen LogP contribution is -2.15. The first-order chi connectivity index (χ1) is 13.4. The zero-order chi connectivity index (χ0) is 20.3. The smallest absolute Gasteiger partial charge is 0.278 e. The summed E-state index contributed by atoms with van der Waals surface area (Å²) in [5, 5.41) is 13.4. The Bertz CT molecular complexity index is 1080. The molecule has 0 bridgehead atoms. The molecule has 0 aliphatic heterocycles. The number of halogens is 2. The van der Waals surface area contributed by atoms with E-state index in [-0.39, 0.29) is 17.1 Å². The van der Waals surface area contributed by atoms with Crippen LogP contribution in [0.3, 0.4) is 0 Å². The highest BCUT2D eigenvalue weighted by Crippen LogP contribution is 2.21. The van der Waals surface area contributed by atoms with Crippen LogP contribution in [-0.2, 0) is 4.79 Å². The molecule has 0 radical (unpaired) electrons. The summed E-state index contributed by atoms with van der Waals surface area (Å²) in [5.41, 5.74) is 1.46. The van der Waals surface area contributed by atoms with Gasteiger partial charge in [-0.3, -0.25) is 9.59 Å². The number of benzene rings is 2. The van der Waals surface area contributed by atoms with Gasteiger partial charge in [-0.1, -0.05) is 29.5 Å². The molecule has 9 heteroatoms. The zero-order valence-electron chi connectivity index (χ0n) is 14.7. The number of rotatable bonds is 5.